The molecule has 0 aliphatic carbocycles. The van der Waals surface area contributed by atoms with Crippen molar-refractivity contribution in [2.45, 2.75) is 0 Å². The van der Waals surface area contributed by atoms with E-state index in [9.17, 15) is 0 Å². The van der Waals surface area contributed by atoms with Crippen molar-refractivity contribution in [2.24, 2.45) is 0 Å². The fourth-order valence-electron chi connectivity index (χ4n) is 0. The van der Waals surface area contributed by atoms with E-state index in [2.05, 4.69) is 0 Å². The van der Waals surface area contributed by atoms with Gasteiger partial charge in [-0.3, -0.25) is 0 Å². The summed E-state index contributed by atoms with van der Waals surface area (Å²) in [5.74, 6) is 0. The molecule has 0 heterocycles. The number of hydrogen-bond acceptors (Lipinski definition) is 0. The summed E-state index contributed by atoms with van der Waals surface area (Å²) in [4.78, 5) is 0. The van der Waals surface area contributed by atoms with Gasteiger partial charge in [-0.05, 0) is 0 Å². The summed E-state index contributed by atoms with van der Waals surface area (Å²) in [6.07, 6.45) is 0. The summed E-state index contributed by atoms with van der Waals surface area (Å²) in [6.45, 7) is 0.472. The van der Waals surface area contributed by atoms with Gasteiger partial charge in [0.1, 0.15) is 0 Å². The summed E-state index contributed by atoms with van der Waals surface area (Å²) >= 11 is 0. The fraction of sp³-hybridized carbons (Fsp3) is 1.00. The van der Waals surface area contributed by atoms with E-state index < -0.39 is 0 Å². The summed E-state index contributed by atoms with van der Waals surface area (Å²) < 4.78 is 0. The van der Waals surface area contributed by atoms with Crippen molar-refractivity contribution in [3.05, 3.63) is 0 Å². The van der Waals surface area contributed by atoms with Crippen molar-refractivity contribution in [2.75, 3.05) is 13.2 Å². The van der Waals surface area contributed by atoms with Crippen LogP contribution in [0, 0.1) is 0 Å². The standard InChI is InChI=1S/C2H6O2.2ClH.Zn/c3-1-2-4;;;/h3-4H,1-2H2;2*1H;. The minimum Gasteiger partial charge on any atom is -1.00 e. The first-order valence-electron chi connectivity index (χ1n) is 1.21. The molecule has 0 fully saturated rings. The first-order chi connectivity index (χ1) is 1.91. The van der Waals surface area contributed by atoms with E-state index in [1.54, 1.807) is 0 Å². The van der Waals surface area contributed by atoms with Crippen molar-refractivity contribution < 1.29 is 54.5 Å². The largest absolute Gasteiger partial charge is 1.00 e. The molecular weight excluding hydrogens is 192 g/mol. The molecule has 0 spiro atoms. The molecule has 0 aliphatic heterocycles. The molecule has 0 aromatic heterocycles. The normalized spacial score (nSPS) is 4.29. The second kappa shape index (κ2) is 27.4. The van der Waals surface area contributed by atoms with E-state index >= 15 is 0 Å². The summed E-state index contributed by atoms with van der Waals surface area (Å²) in [6, 6.07) is 0. The molecule has 0 amide bonds. The van der Waals surface area contributed by atoms with E-state index in [-0.39, 0.29) is 57.5 Å². The van der Waals surface area contributed by atoms with Crippen LogP contribution < -0.4 is 24.8 Å². The Balaban J connectivity index is -0.0000000150. The van der Waals surface area contributed by atoms with Gasteiger partial charge in [0, 0.05) is 19.5 Å². The van der Waals surface area contributed by atoms with Crippen LogP contribution in [-0.2, 0) is 19.5 Å². The van der Waals surface area contributed by atoms with E-state index in [1.165, 1.54) is 0 Å². The summed E-state index contributed by atoms with van der Waals surface area (Å²) in [5.41, 5.74) is 0. The zero-order chi connectivity index (χ0) is 3.41. The molecule has 0 unspecified atom stereocenters. The second-order valence-electron chi connectivity index (χ2n) is 0.500. The van der Waals surface area contributed by atoms with Gasteiger partial charge in [0.15, 0.2) is 0 Å². The van der Waals surface area contributed by atoms with Gasteiger partial charge in [-0.2, -0.15) is 0 Å². The molecule has 0 saturated heterocycles. The molecule has 0 rings (SSSR count). The third-order valence-corrected chi connectivity index (χ3v) is 0.125. The molecule has 0 radical (unpaired) electrons. The molecule has 0 aromatic rings. The van der Waals surface area contributed by atoms with Gasteiger partial charge in [-0.15, -0.1) is 0 Å². The first-order valence-corrected chi connectivity index (χ1v) is 1.21. The zero-order valence-electron chi connectivity index (χ0n) is 3.88. The number of hydrogen-bond donors (Lipinski definition) is 0. The summed E-state index contributed by atoms with van der Waals surface area (Å²) in [7, 11) is 0. The van der Waals surface area contributed by atoms with E-state index in [0.29, 0.717) is 0 Å². The van der Waals surface area contributed by atoms with Crippen LogP contribution in [0.3, 0.4) is 0 Å². The van der Waals surface area contributed by atoms with Crippen LogP contribution in [0.2, 0.25) is 0 Å². The Labute approximate surface area is 67.9 Å². The molecule has 4 N–H and O–H groups in total. The molecule has 5 heteroatoms. The predicted molar refractivity (Wildman–Crippen MR) is 17.0 cm³/mol. The van der Waals surface area contributed by atoms with Crippen LogP contribution in [0.25, 0.3) is 0 Å². The average molecular weight is 200 g/mol. The Hall–Kier alpha value is 1.12. The van der Waals surface area contributed by atoms with Crippen molar-refractivity contribution in [1.82, 2.24) is 0 Å². The molecule has 0 aliphatic rings. The third-order valence-electron chi connectivity index (χ3n) is 0.125. The van der Waals surface area contributed by atoms with Gasteiger partial charge < -0.3 is 35.0 Å². The second-order valence-corrected chi connectivity index (χ2v) is 0.500. The van der Waals surface area contributed by atoms with Crippen molar-refractivity contribution in [1.29, 1.82) is 0 Å². The Kier molecular flexibility index (Phi) is 94.8. The number of rotatable bonds is 1. The maximum atomic E-state index is 6.26. The van der Waals surface area contributed by atoms with E-state index in [1.807, 2.05) is 0 Å². The molecule has 7 heavy (non-hydrogen) atoms. The predicted octanol–water partition coefficient (Wildman–Crippen LogP) is -7.56. The molecule has 0 saturated carbocycles. The average Bonchev–Trinajstić information content (AvgIpc) is 1.37. The van der Waals surface area contributed by atoms with E-state index in [0.717, 1.165) is 0 Å². The SMILES string of the molecule is [Cl-].[Cl-].[OH2+]CC[OH2+].[Zn]. The zero-order valence-corrected chi connectivity index (χ0v) is 8.36. The van der Waals surface area contributed by atoms with Crippen LogP contribution >= 0.6 is 0 Å². The van der Waals surface area contributed by atoms with Gasteiger partial charge in [-0.1, -0.05) is 0 Å². The van der Waals surface area contributed by atoms with Crippen molar-refractivity contribution in [3.8, 4) is 0 Å². The molecule has 0 atom stereocenters. The van der Waals surface area contributed by atoms with E-state index in [4.69, 9.17) is 10.2 Å². The van der Waals surface area contributed by atoms with Gasteiger partial charge in [-0.25, -0.2) is 0 Å². The third kappa shape index (κ3) is 41.5. The fourth-order valence-corrected chi connectivity index (χ4v) is 0. The maximum absolute atomic E-state index is 6.26. The maximum Gasteiger partial charge on any atom is 0.213 e. The monoisotopic (exact) mass is 198 g/mol. The molecule has 0 aromatic carbocycles. The minimum absolute atomic E-state index is 0. The first kappa shape index (κ1) is 24.2. The minimum atomic E-state index is 0. The van der Waals surface area contributed by atoms with Gasteiger partial charge in [0.05, 0.1) is 0 Å². The topological polar surface area (TPSA) is 45.8 Å². The van der Waals surface area contributed by atoms with Crippen LogP contribution in [-0.4, -0.2) is 23.4 Å². The van der Waals surface area contributed by atoms with Crippen LogP contribution in [0.1, 0.15) is 0 Å². The van der Waals surface area contributed by atoms with Gasteiger partial charge >= 0.3 is 0 Å². The quantitative estimate of drug-likeness (QED) is 0.298. The molecule has 0 bridgehead atoms. The molecular formula is C2H8Cl2O2Zn. The molecule has 2 nitrogen and oxygen atoms in total. The smallest absolute Gasteiger partial charge is 0.213 e. The summed E-state index contributed by atoms with van der Waals surface area (Å²) in [5, 5.41) is 12.5. The van der Waals surface area contributed by atoms with Gasteiger partial charge in [0.25, 0.3) is 0 Å². The Morgan fingerprint density at radius 2 is 1.00 bits per heavy atom. The molecule has 44 valence electrons. The van der Waals surface area contributed by atoms with Crippen molar-refractivity contribution >= 4 is 0 Å². The Morgan fingerprint density at radius 3 is 1.00 bits per heavy atom. The Morgan fingerprint density at radius 1 is 0.857 bits per heavy atom. The Bertz CT molecular complexity index is 15.7. The number of halogens is 2. The van der Waals surface area contributed by atoms with Crippen LogP contribution in [0.5, 0.6) is 0 Å². The van der Waals surface area contributed by atoms with Crippen LogP contribution in [0.15, 0.2) is 0 Å². The van der Waals surface area contributed by atoms with Gasteiger partial charge in [0.2, 0.25) is 13.2 Å². The van der Waals surface area contributed by atoms with Crippen LogP contribution in [0.4, 0.5) is 0 Å². The van der Waals surface area contributed by atoms with Crippen molar-refractivity contribution in [3.63, 3.8) is 0 Å².